The average Bonchev–Trinajstić information content (AvgIpc) is 3.32. The molecule has 27 heavy (non-hydrogen) atoms. The Kier molecular flexibility index (Phi) is 4.71. The van der Waals surface area contributed by atoms with Crippen molar-refractivity contribution in [2.75, 3.05) is 5.32 Å². The average molecular weight is 376 g/mol. The Morgan fingerprint density at radius 3 is 2.78 bits per heavy atom. The number of nitrogens with zero attached hydrogens (tertiary/aromatic N) is 5. The second kappa shape index (κ2) is 7.46. The number of anilines is 1. The zero-order chi connectivity index (χ0) is 18.6. The predicted octanol–water partition coefficient (Wildman–Crippen LogP) is 3.27. The first-order valence-electron chi connectivity index (χ1n) is 8.34. The number of tetrazole rings is 1. The summed E-state index contributed by atoms with van der Waals surface area (Å²) in [6, 6.07) is 17.4. The van der Waals surface area contributed by atoms with Crippen LogP contribution in [0, 0.1) is 6.92 Å². The van der Waals surface area contributed by atoms with Crippen molar-refractivity contribution in [2.24, 2.45) is 0 Å². The third-order valence-electron chi connectivity index (χ3n) is 3.96. The molecule has 7 nitrogen and oxygen atoms in total. The molecule has 0 saturated heterocycles. The van der Waals surface area contributed by atoms with Crippen molar-refractivity contribution in [1.29, 1.82) is 0 Å². The van der Waals surface area contributed by atoms with Gasteiger partial charge in [0.1, 0.15) is 5.69 Å². The number of carbonyl (C=O) groups excluding carboxylic acids is 1. The van der Waals surface area contributed by atoms with Gasteiger partial charge in [0.05, 0.1) is 10.7 Å². The van der Waals surface area contributed by atoms with Crippen molar-refractivity contribution in [3.63, 3.8) is 0 Å². The lowest BCUT2D eigenvalue weighted by Crippen LogP contribution is -2.13. The monoisotopic (exact) mass is 376 g/mol. The first-order valence-corrected chi connectivity index (χ1v) is 9.22. The van der Waals surface area contributed by atoms with Crippen molar-refractivity contribution >= 4 is 22.9 Å². The minimum Gasteiger partial charge on any atom is -0.321 e. The molecular weight excluding hydrogens is 360 g/mol. The minimum absolute atomic E-state index is 0.240. The third kappa shape index (κ3) is 3.90. The Bertz CT molecular complexity index is 1070. The van der Waals surface area contributed by atoms with Crippen LogP contribution in [0.2, 0.25) is 0 Å². The van der Waals surface area contributed by atoms with Crippen molar-refractivity contribution in [2.45, 2.75) is 13.3 Å². The topological polar surface area (TPSA) is 85.6 Å². The van der Waals surface area contributed by atoms with E-state index in [1.807, 2.05) is 61.5 Å². The number of aryl methyl sites for hydroxylation is 1. The van der Waals surface area contributed by atoms with Crippen LogP contribution in [-0.4, -0.2) is 31.1 Å². The first-order chi connectivity index (χ1) is 13.2. The molecule has 0 fully saturated rings. The number of thiazole rings is 1. The van der Waals surface area contributed by atoms with E-state index in [1.165, 1.54) is 16.9 Å². The highest BCUT2D eigenvalue weighted by atomic mass is 32.1. The van der Waals surface area contributed by atoms with Crippen LogP contribution in [0.25, 0.3) is 5.69 Å². The maximum atomic E-state index is 12.5. The number of hydrogen-bond acceptors (Lipinski definition) is 6. The first kappa shape index (κ1) is 17.0. The van der Waals surface area contributed by atoms with Crippen molar-refractivity contribution in [1.82, 2.24) is 25.2 Å². The summed E-state index contributed by atoms with van der Waals surface area (Å²) >= 11 is 1.48. The van der Waals surface area contributed by atoms with Crippen molar-refractivity contribution in [3.8, 4) is 5.69 Å². The van der Waals surface area contributed by atoms with Crippen LogP contribution >= 0.6 is 11.3 Å². The van der Waals surface area contributed by atoms with Crippen LogP contribution in [0.5, 0.6) is 0 Å². The molecule has 0 radical (unpaired) electrons. The van der Waals surface area contributed by atoms with Gasteiger partial charge in [-0.2, -0.15) is 4.68 Å². The number of amides is 1. The van der Waals surface area contributed by atoms with Crippen LogP contribution in [0.4, 0.5) is 5.69 Å². The lowest BCUT2D eigenvalue weighted by atomic mass is 10.2. The normalized spacial score (nSPS) is 10.7. The molecular formula is C19H16N6OS. The highest BCUT2D eigenvalue weighted by molar-refractivity contribution is 7.09. The smallest absolute Gasteiger partial charge is 0.275 e. The summed E-state index contributed by atoms with van der Waals surface area (Å²) in [7, 11) is 0. The summed E-state index contributed by atoms with van der Waals surface area (Å²) in [4.78, 5) is 17.0. The number of carbonyl (C=O) groups is 1. The zero-order valence-corrected chi connectivity index (χ0v) is 15.3. The maximum absolute atomic E-state index is 12.5. The van der Waals surface area contributed by atoms with Gasteiger partial charge in [0.25, 0.3) is 5.91 Å². The Hall–Kier alpha value is -3.39. The van der Waals surface area contributed by atoms with Crippen molar-refractivity contribution < 1.29 is 4.79 Å². The van der Waals surface area contributed by atoms with Crippen molar-refractivity contribution in [3.05, 3.63) is 82.1 Å². The molecule has 134 valence electrons. The Balaban J connectivity index is 1.48. The molecule has 0 aliphatic rings. The van der Waals surface area contributed by atoms with Gasteiger partial charge in [0.15, 0.2) is 5.82 Å². The molecule has 2 heterocycles. The van der Waals surface area contributed by atoms with E-state index >= 15 is 0 Å². The van der Waals surface area contributed by atoms with Gasteiger partial charge >= 0.3 is 0 Å². The summed E-state index contributed by atoms with van der Waals surface area (Å²) < 4.78 is 1.61. The Morgan fingerprint density at radius 1 is 1.15 bits per heavy atom. The number of rotatable bonds is 5. The Morgan fingerprint density at radius 2 is 2.00 bits per heavy atom. The van der Waals surface area contributed by atoms with Gasteiger partial charge in [-0.15, -0.1) is 16.4 Å². The molecule has 0 atom stereocenters. The van der Waals surface area contributed by atoms with Gasteiger partial charge in [-0.1, -0.05) is 36.4 Å². The van der Waals surface area contributed by atoms with Gasteiger partial charge in [-0.25, -0.2) is 4.98 Å². The summed E-state index contributed by atoms with van der Waals surface area (Å²) in [5.41, 5.74) is 3.02. The van der Waals surface area contributed by atoms with E-state index < -0.39 is 0 Å². The van der Waals surface area contributed by atoms with Gasteiger partial charge in [0.2, 0.25) is 0 Å². The lowest BCUT2D eigenvalue weighted by molar-refractivity contribution is 0.102. The molecule has 0 spiro atoms. The second-order valence-electron chi connectivity index (χ2n) is 5.93. The number of aromatic nitrogens is 5. The molecule has 1 amide bonds. The fourth-order valence-electron chi connectivity index (χ4n) is 2.65. The van der Waals surface area contributed by atoms with Gasteiger partial charge in [-0.3, -0.25) is 4.79 Å². The fourth-order valence-corrected chi connectivity index (χ4v) is 3.46. The largest absolute Gasteiger partial charge is 0.321 e. The summed E-state index contributed by atoms with van der Waals surface area (Å²) in [6.45, 7) is 1.81. The number of benzene rings is 2. The summed E-state index contributed by atoms with van der Waals surface area (Å²) in [6.07, 6.45) is 0.715. The standard InChI is InChI=1S/C19H16N6OS/c1-13-22-23-24-25(13)16-9-5-8-15(11-16)20-19(26)17-12-27-18(21-17)10-14-6-3-2-4-7-14/h2-9,11-12H,10H2,1H3,(H,20,26). The summed E-state index contributed by atoms with van der Waals surface area (Å²) in [5.74, 6) is 0.430. The van der Waals surface area contributed by atoms with Crippen LogP contribution < -0.4 is 5.32 Å². The SMILES string of the molecule is Cc1nnnn1-c1cccc(NC(=O)c2csc(Cc3ccccc3)n2)c1. The highest BCUT2D eigenvalue weighted by Gasteiger charge is 2.12. The van der Waals surface area contributed by atoms with Crippen LogP contribution in [0.3, 0.4) is 0 Å². The molecule has 0 aliphatic carbocycles. The second-order valence-corrected chi connectivity index (χ2v) is 6.87. The molecule has 2 aromatic carbocycles. The molecule has 0 aliphatic heterocycles. The number of hydrogen-bond donors (Lipinski definition) is 1. The van der Waals surface area contributed by atoms with E-state index in [2.05, 4.69) is 25.8 Å². The van der Waals surface area contributed by atoms with E-state index in [0.29, 0.717) is 23.6 Å². The van der Waals surface area contributed by atoms with E-state index in [-0.39, 0.29) is 5.91 Å². The molecule has 4 aromatic rings. The van der Waals surface area contributed by atoms with E-state index in [4.69, 9.17) is 0 Å². The number of nitrogens with one attached hydrogen (secondary N) is 1. The maximum Gasteiger partial charge on any atom is 0.275 e. The van der Waals surface area contributed by atoms with E-state index in [9.17, 15) is 4.79 Å². The third-order valence-corrected chi connectivity index (χ3v) is 4.81. The predicted molar refractivity (Wildman–Crippen MR) is 103 cm³/mol. The molecule has 2 aromatic heterocycles. The summed E-state index contributed by atoms with van der Waals surface area (Å²) in [5, 5.41) is 17.0. The van der Waals surface area contributed by atoms with Gasteiger partial charge < -0.3 is 5.32 Å². The van der Waals surface area contributed by atoms with Gasteiger partial charge in [-0.05, 0) is 41.1 Å². The van der Waals surface area contributed by atoms with E-state index in [0.717, 1.165) is 10.7 Å². The molecule has 0 unspecified atom stereocenters. The molecule has 8 heteroatoms. The van der Waals surface area contributed by atoms with Crippen LogP contribution in [0.15, 0.2) is 60.0 Å². The molecule has 0 saturated carbocycles. The highest BCUT2D eigenvalue weighted by Crippen LogP contribution is 2.18. The minimum atomic E-state index is -0.240. The zero-order valence-electron chi connectivity index (χ0n) is 14.5. The lowest BCUT2D eigenvalue weighted by Gasteiger charge is -2.06. The Labute approximate surface area is 159 Å². The quantitative estimate of drug-likeness (QED) is 0.578. The van der Waals surface area contributed by atoms with Gasteiger partial charge in [0, 0.05) is 17.5 Å². The fraction of sp³-hybridized carbons (Fsp3) is 0.105. The van der Waals surface area contributed by atoms with E-state index in [1.54, 1.807) is 10.1 Å². The molecule has 0 bridgehead atoms. The van der Waals surface area contributed by atoms with Crippen LogP contribution in [-0.2, 0) is 6.42 Å². The van der Waals surface area contributed by atoms with Crippen LogP contribution in [0.1, 0.15) is 26.9 Å². The molecule has 4 rings (SSSR count). The molecule has 1 N–H and O–H groups in total.